The SMILES string of the molecule is O=C(O)/C=C/C(=O)Nc1ccc(SCC(=O)Nc2ccc(Br)cc2)cc1. The number of carbonyl (C=O) groups excluding carboxylic acids is 2. The van der Waals surface area contributed by atoms with Gasteiger partial charge in [-0.25, -0.2) is 4.79 Å². The van der Waals surface area contributed by atoms with E-state index in [9.17, 15) is 14.4 Å². The monoisotopic (exact) mass is 434 g/mol. The van der Waals surface area contributed by atoms with Crippen molar-refractivity contribution in [3.05, 3.63) is 65.2 Å². The molecule has 0 aliphatic rings. The van der Waals surface area contributed by atoms with Crippen LogP contribution in [-0.4, -0.2) is 28.6 Å². The number of amides is 2. The average molecular weight is 435 g/mol. The fourth-order valence-corrected chi connectivity index (χ4v) is 2.81. The summed E-state index contributed by atoms with van der Waals surface area (Å²) in [7, 11) is 0. The number of rotatable bonds is 7. The van der Waals surface area contributed by atoms with Gasteiger partial charge in [-0.15, -0.1) is 11.8 Å². The molecule has 0 saturated heterocycles. The number of halogens is 1. The van der Waals surface area contributed by atoms with Gasteiger partial charge in [0, 0.05) is 32.9 Å². The van der Waals surface area contributed by atoms with Crippen molar-refractivity contribution in [2.24, 2.45) is 0 Å². The largest absolute Gasteiger partial charge is 0.478 e. The van der Waals surface area contributed by atoms with Crippen molar-refractivity contribution in [2.75, 3.05) is 16.4 Å². The van der Waals surface area contributed by atoms with Gasteiger partial charge in [0.2, 0.25) is 11.8 Å². The summed E-state index contributed by atoms with van der Waals surface area (Å²) in [5, 5.41) is 13.8. The number of carboxylic acids is 1. The zero-order valence-electron chi connectivity index (χ0n) is 13.4. The van der Waals surface area contributed by atoms with Crippen molar-refractivity contribution in [3.8, 4) is 0 Å². The maximum absolute atomic E-state index is 12.0. The molecule has 8 heteroatoms. The number of nitrogens with one attached hydrogen (secondary N) is 2. The summed E-state index contributed by atoms with van der Waals surface area (Å²) in [5.41, 5.74) is 1.26. The number of benzene rings is 2. The Morgan fingerprint density at radius 1 is 0.923 bits per heavy atom. The van der Waals surface area contributed by atoms with Crippen molar-refractivity contribution in [2.45, 2.75) is 4.90 Å². The Hall–Kier alpha value is -2.58. The second-order valence-electron chi connectivity index (χ2n) is 5.03. The number of hydrogen-bond donors (Lipinski definition) is 3. The third-order valence-corrected chi connectivity index (χ3v) is 4.54. The number of hydrogen-bond acceptors (Lipinski definition) is 4. The van der Waals surface area contributed by atoms with Gasteiger partial charge in [-0.2, -0.15) is 0 Å². The zero-order chi connectivity index (χ0) is 18.9. The summed E-state index contributed by atoms with van der Waals surface area (Å²) >= 11 is 4.70. The van der Waals surface area contributed by atoms with Gasteiger partial charge in [-0.05, 0) is 48.5 Å². The molecule has 0 bridgehead atoms. The highest BCUT2D eigenvalue weighted by molar-refractivity contribution is 9.10. The second kappa shape index (κ2) is 9.79. The van der Waals surface area contributed by atoms with Crippen molar-refractivity contribution in [3.63, 3.8) is 0 Å². The fourth-order valence-electron chi connectivity index (χ4n) is 1.84. The molecule has 0 unspecified atom stereocenters. The Morgan fingerprint density at radius 3 is 2.12 bits per heavy atom. The van der Waals surface area contributed by atoms with E-state index < -0.39 is 11.9 Å². The molecule has 26 heavy (non-hydrogen) atoms. The summed E-state index contributed by atoms with van der Waals surface area (Å²) < 4.78 is 0.940. The standard InChI is InChI=1S/C18H15BrN2O4S/c19-12-1-3-13(4-2-12)21-17(23)11-26-15-7-5-14(6-8-15)20-16(22)9-10-18(24)25/h1-10H,11H2,(H,20,22)(H,21,23)(H,24,25)/b10-9+. The molecule has 6 nitrogen and oxygen atoms in total. The van der Waals surface area contributed by atoms with Gasteiger partial charge in [0.25, 0.3) is 0 Å². The summed E-state index contributed by atoms with van der Waals surface area (Å²) in [5.74, 6) is -1.58. The first-order chi connectivity index (χ1) is 12.4. The lowest BCUT2D eigenvalue weighted by molar-refractivity contribution is -0.131. The Kier molecular flexibility index (Phi) is 7.43. The smallest absolute Gasteiger partial charge is 0.328 e. The van der Waals surface area contributed by atoms with E-state index in [4.69, 9.17) is 5.11 Å². The molecule has 0 aromatic heterocycles. The normalized spacial score (nSPS) is 10.5. The van der Waals surface area contributed by atoms with Gasteiger partial charge in [-0.1, -0.05) is 15.9 Å². The van der Waals surface area contributed by atoms with Crippen LogP contribution < -0.4 is 10.6 Å². The predicted octanol–water partition coefficient (Wildman–Crippen LogP) is 3.76. The van der Waals surface area contributed by atoms with Gasteiger partial charge in [-0.3, -0.25) is 9.59 Å². The number of aliphatic carboxylic acids is 1. The highest BCUT2D eigenvalue weighted by Crippen LogP contribution is 2.21. The molecular formula is C18H15BrN2O4S. The van der Waals surface area contributed by atoms with Gasteiger partial charge in [0.05, 0.1) is 5.75 Å². The van der Waals surface area contributed by atoms with Crippen molar-refractivity contribution in [1.29, 1.82) is 0 Å². The van der Waals surface area contributed by atoms with E-state index in [0.717, 1.165) is 27.2 Å². The van der Waals surface area contributed by atoms with Crippen LogP contribution >= 0.6 is 27.7 Å². The first-order valence-electron chi connectivity index (χ1n) is 7.42. The van der Waals surface area contributed by atoms with Crippen molar-refractivity contribution in [1.82, 2.24) is 0 Å². The first-order valence-corrected chi connectivity index (χ1v) is 9.20. The second-order valence-corrected chi connectivity index (χ2v) is 6.99. The van der Waals surface area contributed by atoms with Crippen LogP contribution in [0.2, 0.25) is 0 Å². The topological polar surface area (TPSA) is 95.5 Å². The van der Waals surface area contributed by atoms with Crippen LogP contribution in [0.1, 0.15) is 0 Å². The van der Waals surface area contributed by atoms with Crippen LogP contribution in [0.4, 0.5) is 11.4 Å². The molecule has 2 aromatic rings. The van der Waals surface area contributed by atoms with E-state index in [1.165, 1.54) is 11.8 Å². The molecule has 2 amide bonds. The number of carboxylic acid groups (broad SMARTS) is 1. The third kappa shape index (κ3) is 7.12. The van der Waals surface area contributed by atoms with Crippen LogP contribution in [0.25, 0.3) is 0 Å². The lowest BCUT2D eigenvalue weighted by Crippen LogP contribution is -2.13. The molecule has 0 heterocycles. The summed E-state index contributed by atoms with van der Waals surface area (Å²) in [6.07, 6.45) is 1.71. The Morgan fingerprint density at radius 2 is 1.50 bits per heavy atom. The Balaban J connectivity index is 1.81. The fraction of sp³-hybridized carbons (Fsp3) is 0.0556. The van der Waals surface area contributed by atoms with Gasteiger partial charge >= 0.3 is 5.97 Å². The Labute approximate surface area is 162 Å². The maximum atomic E-state index is 12.0. The molecule has 0 radical (unpaired) electrons. The van der Waals surface area contributed by atoms with Gasteiger partial charge in [0.1, 0.15) is 0 Å². The molecule has 0 atom stereocenters. The van der Waals surface area contributed by atoms with E-state index >= 15 is 0 Å². The minimum Gasteiger partial charge on any atom is -0.478 e. The molecule has 0 spiro atoms. The van der Waals surface area contributed by atoms with E-state index in [0.29, 0.717) is 5.69 Å². The van der Waals surface area contributed by atoms with Crippen molar-refractivity contribution >= 4 is 56.9 Å². The highest BCUT2D eigenvalue weighted by Gasteiger charge is 2.05. The average Bonchev–Trinajstić information content (AvgIpc) is 2.61. The number of carbonyl (C=O) groups is 3. The predicted molar refractivity (Wildman–Crippen MR) is 105 cm³/mol. The van der Waals surface area contributed by atoms with Crippen LogP contribution in [-0.2, 0) is 14.4 Å². The summed E-state index contributed by atoms with van der Waals surface area (Å²) in [4.78, 5) is 34.7. The van der Waals surface area contributed by atoms with Gasteiger partial charge < -0.3 is 15.7 Å². The molecule has 0 aliphatic carbocycles. The Bertz CT molecular complexity index is 820. The molecule has 134 valence electrons. The van der Waals surface area contributed by atoms with Gasteiger partial charge in [0.15, 0.2) is 0 Å². The van der Waals surface area contributed by atoms with E-state index in [1.54, 1.807) is 24.3 Å². The molecular weight excluding hydrogens is 420 g/mol. The highest BCUT2D eigenvalue weighted by atomic mass is 79.9. The van der Waals surface area contributed by atoms with Crippen molar-refractivity contribution < 1.29 is 19.5 Å². The van der Waals surface area contributed by atoms with Crippen LogP contribution in [0, 0.1) is 0 Å². The molecule has 0 aliphatic heterocycles. The van der Waals surface area contributed by atoms with Crippen LogP contribution in [0.5, 0.6) is 0 Å². The first kappa shape index (κ1) is 19.7. The number of thioether (sulfide) groups is 1. The van der Waals surface area contributed by atoms with Crippen LogP contribution in [0.15, 0.2) is 70.1 Å². The third-order valence-electron chi connectivity index (χ3n) is 3.00. The molecule has 0 saturated carbocycles. The van der Waals surface area contributed by atoms with E-state index in [1.807, 2.05) is 24.3 Å². The summed E-state index contributed by atoms with van der Waals surface area (Å²) in [6, 6.07) is 14.2. The van der Waals surface area contributed by atoms with E-state index in [2.05, 4.69) is 26.6 Å². The summed E-state index contributed by atoms with van der Waals surface area (Å²) in [6.45, 7) is 0. The molecule has 3 N–H and O–H groups in total. The molecule has 0 fully saturated rings. The van der Waals surface area contributed by atoms with Crippen LogP contribution in [0.3, 0.4) is 0 Å². The quantitative estimate of drug-likeness (QED) is 0.455. The molecule has 2 rings (SSSR count). The minimum absolute atomic E-state index is 0.117. The lowest BCUT2D eigenvalue weighted by Gasteiger charge is -2.06. The lowest BCUT2D eigenvalue weighted by atomic mass is 10.3. The maximum Gasteiger partial charge on any atom is 0.328 e. The van der Waals surface area contributed by atoms with E-state index in [-0.39, 0.29) is 11.7 Å². The zero-order valence-corrected chi connectivity index (χ0v) is 15.8. The minimum atomic E-state index is -1.19. The number of anilines is 2. The molecule has 2 aromatic carbocycles.